The van der Waals surface area contributed by atoms with Crippen molar-refractivity contribution in [2.75, 3.05) is 13.6 Å². The van der Waals surface area contributed by atoms with Crippen LogP contribution in [0.5, 0.6) is 0 Å². The molecule has 4 unspecified atom stereocenters. The van der Waals surface area contributed by atoms with Gasteiger partial charge in [-0.15, -0.1) is 0 Å². The van der Waals surface area contributed by atoms with Crippen molar-refractivity contribution in [2.45, 2.75) is 38.3 Å². The van der Waals surface area contributed by atoms with E-state index in [1.807, 2.05) is 30.1 Å². The van der Waals surface area contributed by atoms with E-state index in [2.05, 4.69) is 24.4 Å². The number of amides is 1. The van der Waals surface area contributed by atoms with Crippen LogP contribution in [-0.4, -0.2) is 30.4 Å². The molecule has 3 heteroatoms. The topological polar surface area (TPSA) is 32.3 Å². The lowest BCUT2D eigenvalue weighted by Gasteiger charge is -2.30. The molecule has 4 atom stereocenters. The van der Waals surface area contributed by atoms with E-state index in [9.17, 15) is 4.79 Å². The molecule has 1 aromatic carbocycles. The molecule has 0 spiro atoms. The van der Waals surface area contributed by atoms with Crippen LogP contribution in [0.3, 0.4) is 0 Å². The summed E-state index contributed by atoms with van der Waals surface area (Å²) in [5, 5.41) is 3.45. The fraction of sp³-hybridized carbons (Fsp3) is 0.588. The highest BCUT2D eigenvalue weighted by Gasteiger charge is 2.43. The second kappa shape index (κ2) is 5.57. The number of nitrogens with one attached hydrogen (secondary N) is 1. The molecule has 2 fully saturated rings. The van der Waals surface area contributed by atoms with E-state index in [1.54, 1.807) is 0 Å². The van der Waals surface area contributed by atoms with Crippen LogP contribution in [0.2, 0.25) is 0 Å². The Morgan fingerprint density at radius 2 is 2.05 bits per heavy atom. The number of carbonyl (C=O) groups is 1. The van der Waals surface area contributed by atoms with Crippen LogP contribution in [0.1, 0.15) is 37.8 Å². The molecule has 3 rings (SSSR count). The van der Waals surface area contributed by atoms with E-state index in [0.717, 1.165) is 12.5 Å². The van der Waals surface area contributed by atoms with Crippen LogP contribution in [0, 0.1) is 11.8 Å². The van der Waals surface area contributed by atoms with Crippen LogP contribution in [-0.2, 0) is 4.79 Å². The van der Waals surface area contributed by atoms with Gasteiger partial charge in [-0.2, -0.15) is 0 Å². The number of nitrogens with zero attached hydrogens (tertiary/aromatic N) is 1. The van der Waals surface area contributed by atoms with Crippen molar-refractivity contribution in [3.05, 3.63) is 35.9 Å². The van der Waals surface area contributed by atoms with Gasteiger partial charge in [-0.3, -0.25) is 4.79 Å². The van der Waals surface area contributed by atoms with Crippen molar-refractivity contribution >= 4 is 5.91 Å². The minimum Gasteiger partial charge on any atom is -0.338 e. The van der Waals surface area contributed by atoms with Crippen molar-refractivity contribution in [1.29, 1.82) is 0 Å². The first-order valence-electron chi connectivity index (χ1n) is 7.73. The maximum absolute atomic E-state index is 12.8. The van der Waals surface area contributed by atoms with Gasteiger partial charge in [0, 0.05) is 7.05 Å². The lowest BCUT2D eigenvalue weighted by molar-refractivity contribution is -0.134. The van der Waals surface area contributed by atoms with Gasteiger partial charge in [-0.1, -0.05) is 36.8 Å². The molecule has 1 saturated carbocycles. The number of benzene rings is 1. The molecular formula is C17H24N2O. The highest BCUT2D eigenvalue weighted by Crippen LogP contribution is 2.38. The standard InChI is InChI=1S/C17H24N2O/c1-12(13-7-4-3-5-8-13)19(2)17(20)16-15-10-6-9-14(15)11-18-16/h3-5,7-8,12,14-16,18H,6,9-11H2,1-2H3. The van der Waals surface area contributed by atoms with Crippen LogP contribution in [0.15, 0.2) is 30.3 Å². The van der Waals surface area contributed by atoms with Crippen molar-refractivity contribution in [3.63, 3.8) is 0 Å². The zero-order valence-corrected chi connectivity index (χ0v) is 12.4. The highest BCUT2D eigenvalue weighted by molar-refractivity contribution is 5.83. The number of likely N-dealkylation sites (N-methyl/N-ethyl adjacent to an activating group) is 1. The Kier molecular flexibility index (Phi) is 3.79. The summed E-state index contributed by atoms with van der Waals surface area (Å²) >= 11 is 0. The number of fused-ring (bicyclic) bond motifs is 1. The van der Waals surface area contributed by atoms with E-state index in [0.29, 0.717) is 5.92 Å². The average molecular weight is 272 g/mol. The van der Waals surface area contributed by atoms with Crippen LogP contribution < -0.4 is 5.32 Å². The second-order valence-corrected chi connectivity index (χ2v) is 6.28. The third kappa shape index (κ3) is 2.35. The van der Waals surface area contributed by atoms with Gasteiger partial charge in [0.05, 0.1) is 12.1 Å². The molecular weight excluding hydrogens is 248 g/mol. The molecule has 1 saturated heterocycles. The minimum atomic E-state index is 0.0404. The number of hydrogen-bond acceptors (Lipinski definition) is 2. The van der Waals surface area contributed by atoms with E-state index >= 15 is 0 Å². The molecule has 1 heterocycles. The number of carbonyl (C=O) groups excluding carboxylic acids is 1. The van der Waals surface area contributed by atoms with Crippen LogP contribution in [0.25, 0.3) is 0 Å². The van der Waals surface area contributed by atoms with Gasteiger partial charge in [0.15, 0.2) is 0 Å². The molecule has 0 radical (unpaired) electrons. The zero-order chi connectivity index (χ0) is 14.1. The normalized spacial score (nSPS) is 30.0. The quantitative estimate of drug-likeness (QED) is 0.917. The van der Waals surface area contributed by atoms with E-state index in [1.165, 1.54) is 24.8 Å². The molecule has 1 aliphatic carbocycles. The van der Waals surface area contributed by atoms with Gasteiger partial charge in [-0.25, -0.2) is 0 Å². The number of rotatable bonds is 3. The molecule has 108 valence electrons. The van der Waals surface area contributed by atoms with Gasteiger partial charge < -0.3 is 10.2 Å². The molecule has 1 aliphatic heterocycles. The Balaban J connectivity index is 1.70. The first-order valence-corrected chi connectivity index (χ1v) is 7.73. The smallest absolute Gasteiger partial charge is 0.240 e. The summed E-state index contributed by atoms with van der Waals surface area (Å²) in [5.41, 5.74) is 1.20. The van der Waals surface area contributed by atoms with Gasteiger partial charge in [-0.05, 0) is 43.7 Å². The third-order valence-corrected chi connectivity index (χ3v) is 5.22. The Morgan fingerprint density at radius 3 is 2.80 bits per heavy atom. The maximum Gasteiger partial charge on any atom is 0.240 e. The van der Waals surface area contributed by atoms with Gasteiger partial charge >= 0.3 is 0 Å². The lowest BCUT2D eigenvalue weighted by Crippen LogP contribution is -2.45. The first-order chi connectivity index (χ1) is 9.68. The monoisotopic (exact) mass is 272 g/mol. The Bertz CT molecular complexity index is 473. The van der Waals surface area contributed by atoms with Crippen molar-refractivity contribution in [2.24, 2.45) is 11.8 Å². The lowest BCUT2D eigenvalue weighted by atomic mass is 9.93. The van der Waals surface area contributed by atoms with E-state index in [-0.39, 0.29) is 18.0 Å². The molecule has 1 aromatic rings. The fourth-order valence-corrected chi connectivity index (χ4v) is 3.82. The summed E-state index contributed by atoms with van der Waals surface area (Å²) in [7, 11) is 1.93. The summed E-state index contributed by atoms with van der Waals surface area (Å²) in [6, 6.07) is 10.4. The summed E-state index contributed by atoms with van der Waals surface area (Å²) in [6.45, 7) is 3.13. The molecule has 0 aromatic heterocycles. The minimum absolute atomic E-state index is 0.0404. The third-order valence-electron chi connectivity index (χ3n) is 5.22. The molecule has 3 nitrogen and oxygen atoms in total. The van der Waals surface area contributed by atoms with E-state index < -0.39 is 0 Å². The van der Waals surface area contributed by atoms with Crippen molar-refractivity contribution in [3.8, 4) is 0 Å². The van der Waals surface area contributed by atoms with Gasteiger partial charge in [0.25, 0.3) is 0 Å². The Hall–Kier alpha value is -1.35. The predicted molar refractivity (Wildman–Crippen MR) is 80.2 cm³/mol. The molecule has 2 aliphatic rings. The van der Waals surface area contributed by atoms with Gasteiger partial charge in [0.1, 0.15) is 0 Å². The Labute approximate surface area is 121 Å². The van der Waals surface area contributed by atoms with Crippen molar-refractivity contribution in [1.82, 2.24) is 10.2 Å². The zero-order valence-electron chi connectivity index (χ0n) is 12.4. The Morgan fingerprint density at radius 1 is 1.30 bits per heavy atom. The average Bonchev–Trinajstić information content (AvgIpc) is 3.08. The molecule has 0 bridgehead atoms. The number of hydrogen-bond donors (Lipinski definition) is 1. The van der Waals surface area contributed by atoms with Gasteiger partial charge in [0.2, 0.25) is 5.91 Å². The summed E-state index contributed by atoms with van der Waals surface area (Å²) in [4.78, 5) is 14.7. The summed E-state index contributed by atoms with van der Waals surface area (Å²) < 4.78 is 0. The van der Waals surface area contributed by atoms with Crippen LogP contribution in [0.4, 0.5) is 0 Å². The maximum atomic E-state index is 12.8. The molecule has 1 N–H and O–H groups in total. The van der Waals surface area contributed by atoms with E-state index in [4.69, 9.17) is 0 Å². The first kappa shape index (κ1) is 13.6. The fourth-order valence-electron chi connectivity index (χ4n) is 3.82. The second-order valence-electron chi connectivity index (χ2n) is 6.28. The molecule has 1 amide bonds. The largest absolute Gasteiger partial charge is 0.338 e. The SMILES string of the molecule is CC(c1ccccc1)N(C)C(=O)C1NCC2CCCC21. The summed E-state index contributed by atoms with van der Waals surface area (Å²) in [6.07, 6.45) is 3.79. The van der Waals surface area contributed by atoms with Crippen LogP contribution >= 0.6 is 0 Å². The predicted octanol–water partition coefficient (Wildman–Crippen LogP) is 2.59. The molecule has 20 heavy (non-hydrogen) atoms. The summed E-state index contributed by atoms with van der Waals surface area (Å²) in [5.74, 6) is 1.55. The van der Waals surface area contributed by atoms with Crippen molar-refractivity contribution < 1.29 is 4.79 Å². The highest BCUT2D eigenvalue weighted by atomic mass is 16.2.